The van der Waals surface area contributed by atoms with Gasteiger partial charge in [0.1, 0.15) is 0 Å². The van der Waals surface area contributed by atoms with Crippen LogP contribution in [0, 0.1) is 0 Å². The van der Waals surface area contributed by atoms with Crippen molar-refractivity contribution in [2.75, 3.05) is 13.1 Å². The van der Waals surface area contributed by atoms with Crippen LogP contribution in [0.25, 0.3) is 0 Å². The average Bonchev–Trinajstić information content (AvgIpc) is 2.56. The molecule has 2 heterocycles. The molecule has 3 heteroatoms. The quantitative estimate of drug-likeness (QED) is 0.622. The summed E-state index contributed by atoms with van der Waals surface area (Å²) in [6.45, 7) is 2.38. The summed E-state index contributed by atoms with van der Waals surface area (Å²) < 4.78 is 0. The van der Waals surface area contributed by atoms with Gasteiger partial charge in [-0.1, -0.05) is 0 Å². The fourth-order valence-electron chi connectivity index (χ4n) is 1.80. The smallest absolute Gasteiger partial charge is 0.0457 e. The first-order valence-corrected chi connectivity index (χ1v) is 4.59. The first-order chi connectivity index (χ1) is 5.86. The van der Waals surface area contributed by atoms with Crippen molar-refractivity contribution in [2.24, 2.45) is 10.7 Å². The fraction of sp³-hybridized carbons (Fsp3) is 0.667. The number of hydrogen-bond donors (Lipinski definition) is 1. The van der Waals surface area contributed by atoms with Crippen molar-refractivity contribution in [1.82, 2.24) is 4.90 Å². The molecule has 1 fully saturated rings. The van der Waals surface area contributed by atoms with Crippen LogP contribution in [-0.2, 0) is 0 Å². The van der Waals surface area contributed by atoms with E-state index >= 15 is 0 Å². The van der Waals surface area contributed by atoms with Crippen molar-refractivity contribution in [3.8, 4) is 0 Å². The molecular formula is C9H15N3. The van der Waals surface area contributed by atoms with E-state index in [0.29, 0.717) is 0 Å². The van der Waals surface area contributed by atoms with Crippen molar-refractivity contribution >= 4 is 6.21 Å². The number of rotatable bonds is 1. The lowest BCUT2D eigenvalue weighted by Gasteiger charge is -2.24. The summed E-state index contributed by atoms with van der Waals surface area (Å²) in [5.41, 5.74) is 7.10. The van der Waals surface area contributed by atoms with Crippen LogP contribution in [0.3, 0.4) is 0 Å². The molecule has 0 amide bonds. The molecule has 2 aliphatic heterocycles. The predicted octanol–water partition coefficient (Wildman–Crippen LogP) is 0.725. The lowest BCUT2D eigenvalue weighted by Crippen LogP contribution is -2.30. The van der Waals surface area contributed by atoms with Gasteiger partial charge in [-0.25, -0.2) is 0 Å². The van der Waals surface area contributed by atoms with E-state index in [1.807, 2.05) is 12.4 Å². The molecule has 1 saturated heterocycles. The Bertz CT molecular complexity index is 214. The third kappa shape index (κ3) is 1.50. The zero-order valence-corrected chi connectivity index (χ0v) is 7.24. The molecule has 0 aromatic heterocycles. The highest BCUT2D eigenvalue weighted by Gasteiger charge is 2.17. The maximum absolute atomic E-state index is 5.78. The van der Waals surface area contributed by atoms with Gasteiger partial charge in [0, 0.05) is 43.7 Å². The lowest BCUT2D eigenvalue weighted by atomic mass is 10.1. The highest BCUT2D eigenvalue weighted by Crippen LogP contribution is 2.19. The Labute approximate surface area is 73.0 Å². The summed E-state index contributed by atoms with van der Waals surface area (Å²) in [6.07, 6.45) is 7.37. The summed E-state index contributed by atoms with van der Waals surface area (Å²) in [5.74, 6) is 0. The van der Waals surface area contributed by atoms with E-state index in [4.69, 9.17) is 5.73 Å². The van der Waals surface area contributed by atoms with Crippen molar-refractivity contribution in [2.45, 2.75) is 25.3 Å². The standard InChI is InChI=1S/C9H15N3/c10-8-5-9(7-11-6-8)12-3-1-2-4-12/h6-8H,1-5,10H2. The minimum absolute atomic E-state index is 0.130. The molecule has 2 aliphatic rings. The Morgan fingerprint density at radius 2 is 2.17 bits per heavy atom. The first kappa shape index (κ1) is 7.80. The number of aliphatic imine (C=N–C) groups is 1. The highest BCUT2D eigenvalue weighted by molar-refractivity contribution is 5.66. The van der Waals surface area contributed by atoms with Gasteiger partial charge in [-0.2, -0.15) is 0 Å². The summed E-state index contributed by atoms with van der Waals surface area (Å²) in [7, 11) is 0. The second kappa shape index (κ2) is 3.27. The second-order valence-corrected chi connectivity index (χ2v) is 3.48. The third-order valence-corrected chi connectivity index (χ3v) is 2.46. The highest BCUT2D eigenvalue weighted by atomic mass is 15.2. The number of hydrogen-bond acceptors (Lipinski definition) is 3. The van der Waals surface area contributed by atoms with Crippen LogP contribution in [-0.4, -0.2) is 30.2 Å². The fourth-order valence-corrected chi connectivity index (χ4v) is 1.80. The molecule has 0 radical (unpaired) electrons. The molecule has 66 valence electrons. The van der Waals surface area contributed by atoms with Gasteiger partial charge >= 0.3 is 0 Å². The summed E-state index contributed by atoms with van der Waals surface area (Å²) >= 11 is 0. The van der Waals surface area contributed by atoms with Crippen molar-refractivity contribution in [3.63, 3.8) is 0 Å². The molecule has 0 aromatic rings. The van der Waals surface area contributed by atoms with Crippen LogP contribution in [0.5, 0.6) is 0 Å². The van der Waals surface area contributed by atoms with Crippen molar-refractivity contribution in [3.05, 3.63) is 11.9 Å². The van der Waals surface area contributed by atoms with Gasteiger partial charge in [0.2, 0.25) is 0 Å². The van der Waals surface area contributed by atoms with E-state index in [0.717, 1.165) is 6.42 Å². The predicted molar refractivity (Wildman–Crippen MR) is 50.0 cm³/mol. The normalized spacial score (nSPS) is 29.2. The SMILES string of the molecule is NC1C=NC=C(N2CCCC2)C1. The Kier molecular flexibility index (Phi) is 2.13. The molecule has 2 rings (SSSR count). The van der Waals surface area contributed by atoms with E-state index in [1.54, 1.807) is 0 Å². The number of likely N-dealkylation sites (tertiary alicyclic amines) is 1. The molecular weight excluding hydrogens is 150 g/mol. The maximum atomic E-state index is 5.78. The van der Waals surface area contributed by atoms with E-state index in [1.165, 1.54) is 31.6 Å². The Hall–Kier alpha value is -0.830. The van der Waals surface area contributed by atoms with E-state index < -0.39 is 0 Å². The van der Waals surface area contributed by atoms with Gasteiger partial charge < -0.3 is 10.6 Å². The Morgan fingerprint density at radius 1 is 1.42 bits per heavy atom. The Balaban J connectivity index is 2.02. The van der Waals surface area contributed by atoms with E-state index in [9.17, 15) is 0 Å². The lowest BCUT2D eigenvalue weighted by molar-refractivity contribution is 0.403. The Morgan fingerprint density at radius 3 is 2.83 bits per heavy atom. The molecule has 0 saturated carbocycles. The van der Waals surface area contributed by atoms with Gasteiger partial charge in [-0.05, 0) is 12.8 Å². The molecule has 0 spiro atoms. The van der Waals surface area contributed by atoms with Crippen LogP contribution < -0.4 is 5.73 Å². The molecule has 1 unspecified atom stereocenters. The summed E-state index contributed by atoms with van der Waals surface area (Å²) in [4.78, 5) is 6.53. The summed E-state index contributed by atoms with van der Waals surface area (Å²) in [5, 5.41) is 0. The van der Waals surface area contributed by atoms with Crippen LogP contribution in [0.4, 0.5) is 0 Å². The minimum atomic E-state index is 0.130. The molecule has 0 aliphatic carbocycles. The molecule has 0 aromatic carbocycles. The number of nitrogens with zero attached hydrogens (tertiary/aromatic N) is 2. The van der Waals surface area contributed by atoms with Gasteiger partial charge in [0.25, 0.3) is 0 Å². The second-order valence-electron chi connectivity index (χ2n) is 3.48. The first-order valence-electron chi connectivity index (χ1n) is 4.59. The van der Waals surface area contributed by atoms with Gasteiger partial charge in [-0.3, -0.25) is 4.99 Å². The van der Waals surface area contributed by atoms with E-state index in [-0.39, 0.29) is 6.04 Å². The molecule has 0 bridgehead atoms. The molecule has 12 heavy (non-hydrogen) atoms. The minimum Gasteiger partial charge on any atom is -0.374 e. The molecule has 1 atom stereocenters. The van der Waals surface area contributed by atoms with E-state index in [2.05, 4.69) is 9.89 Å². The largest absolute Gasteiger partial charge is 0.374 e. The number of nitrogens with two attached hydrogens (primary N) is 1. The van der Waals surface area contributed by atoms with Gasteiger partial charge in [0.05, 0.1) is 0 Å². The van der Waals surface area contributed by atoms with Crippen LogP contribution in [0.15, 0.2) is 16.9 Å². The monoisotopic (exact) mass is 165 g/mol. The van der Waals surface area contributed by atoms with Crippen LogP contribution >= 0.6 is 0 Å². The maximum Gasteiger partial charge on any atom is 0.0457 e. The van der Waals surface area contributed by atoms with Crippen LogP contribution in [0.1, 0.15) is 19.3 Å². The van der Waals surface area contributed by atoms with Crippen LogP contribution in [0.2, 0.25) is 0 Å². The average molecular weight is 165 g/mol. The van der Waals surface area contributed by atoms with Crippen molar-refractivity contribution in [1.29, 1.82) is 0 Å². The van der Waals surface area contributed by atoms with Gasteiger partial charge in [-0.15, -0.1) is 0 Å². The zero-order valence-electron chi connectivity index (χ0n) is 7.24. The molecule has 2 N–H and O–H groups in total. The third-order valence-electron chi connectivity index (χ3n) is 2.46. The molecule has 3 nitrogen and oxygen atoms in total. The summed E-state index contributed by atoms with van der Waals surface area (Å²) in [6, 6.07) is 0.130. The zero-order chi connectivity index (χ0) is 8.39. The van der Waals surface area contributed by atoms with Gasteiger partial charge in [0.15, 0.2) is 0 Å². The topological polar surface area (TPSA) is 41.6 Å². The van der Waals surface area contributed by atoms with Crippen molar-refractivity contribution < 1.29 is 0 Å².